The van der Waals surface area contributed by atoms with E-state index in [4.69, 9.17) is 14.6 Å². The third-order valence-corrected chi connectivity index (χ3v) is 4.55. The third kappa shape index (κ3) is 3.01. The molecular formula is C20H19NO5. The number of H-pyrrole nitrogens is 1. The van der Waals surface area contributed by atoms with Crippen molar-refractivity contribution in [2.75, 3.05) is 14.2 Å². The molecule has 2 aromatic carbocycles. The van der Waals surface area contributed by atoms with Crippen LogP contribution in [0.1, 0.15) is 44.7 Å². The largest absolute Gasteiger partial charge is 0.496 e. The Morgan fingerprint density at radius 2 is 1.77 bits per heavy atom. The number of carboxylic acid groups (broad SMARTS) is 1. The van der Waals surface area contributed by atoms with Crippen molar-refractivity contribution in [3.63, 3.8) is 0 Å². The minimum atomic E-state index is -1.00. The lowest BCUT2D eigenvalue weighted by Crippen LogP contribution is -2.03. The zero-order valence-corrected chi connectivity index (χ0v) is 14.7. The number of carboxylic acids is 1. The molecule has 3 aromatic rings. The highest BCUT2D eigenvalue weighted by Crippen LogP contribution is 2.36. The standard InChI is InChI=1S/C20H19NO5/c1-11(14-6-4-12(19(22)23)9-18(14)25-2)16-10-21-17-7-5-13(8-15(16)17)20(24)26-3/h4-11,21H,1-3H3,(H,22,23). The number of carbonyl (C=O) groups is 2. The average Bonchev–Trinajstić information content (AvgIpc) is 3.09. The van der Waals surface area contributed by atoms with Gasteiger partial charge in [-0.2, -0.15) is 0 Å². The molecule has 0 aliphatic carbocycles. The first kappa shape index (κ1) is 17.5. The van der Waals surface area contributed by atoms with Gasteiger partial charge in [0.15, 0.2) is 0 Å². The summed E-state index contributed by atoms with van der Waals surface area (Å²) in [6.07, 6.45) is 1.89. The smallest absolute Gasteiger partial charge is 0.337 e. The number of methoxy groups -OCH3 is 2. The molecule has 1 unspecified atom stereocenters. The Kier molecular flexibility index (Phi) is 4.67. The number of rotatable bonds is 5. The van der Waals surface area contributed by atoms with E-state index in [0.29, 0.717) is 11.3 Å². The predicted molar refractivity (Wildman–Crippen MR) is 97.1 cm³/mol. The molecule has 6 nitrogen and oxygen atoms in total. The highest BCUT2D eigenvalue weighted by Gasteiger charge is 2.19. The Balaban J connectivity index is 2.09. The molecule has 0 fully saturated rings. The SMILES string of the molecule is COC(=O)c1ccc2[nH]cc(C(C)c3ccc(C(=O)O)cc3OC)c2c1. The summed E-state index contributed by atoms with van der Waals surface area (Å²) in [5.41, 5.74) is 3.39. The molecular weight excluding hydrogens is 334 g/mol. The van der Waals surface area contributed by atoms with Crippen LogP contribution in [0.2, 0.25) is 0 Å². The van der Waals surface area contributed by atoms with Crippen molar-refractivity contribution in [3.8, 4) is 5.75 Å². The Bertz CT molecular complexity index is 989. The summed E-state index contributed by atoms with van der Waals surface area (Å²) in [5, 5.41) is 10.1. The lowest BCUT2D eigenvalue weighted by Gasteiger charge is -2.16. The number of fused-ring (bicyclic) bond motifs is 1. The third-order valence-electron chi connectivity index (χ3n) is 4.55. The number of ether oxygens (including phenoxy) is 2. The van der Waals surface area contributed by atoms with Crippen LogP contribution in [0.4, 0.5) is 0 Å². The molecule has 0 aliphatic rings. The molecule has 1 heterocycles. The Labute approximate surface area is 150 Å². The Morgan fingerprint density at radius 1 is 1.04 bits per heavy atom. The van der Waals surface area contributed by atoms with Gasteiger partial charge in [-0.1, -0.05) is 13.0 Å². The van der Waals surface area contributed by atoms with Crippen LogP contribution in [0, 0.1) is 0 Å². The molecule has 1 atom stereocenters. The van der Waals surface area contributed by atoms with Crippen LogP contribution in [0.3, 0.4) is 0 Å². The van der Waals surface area contributed by atoms with E-state index in [1.54, 1.807) is 24.3 Å². The number of esters is 1. The van der Waals surface area contributed by atoms with Gasteiger partial charge in [-0.3, -0.25) is 0 Å². The van der Waals surface area contributed by atoms with Crippen molar-refractivity contribution in [3.05, 3.63) is 64.8 Å². The molecule has 0 saturated heterocycles. The lowest BCUT2D eigenvalue weighted by atomic mass is 9.91. The van der Waals surface area contributed by atoms with Crippen molar-refractivity contribution in [2.45, 2.75) is 12.8 Å². The molecule has 0 radical (unpaired) electrons. The van der Waals surface area contributed by atoms with Crippen LogP contribution in [0.25, 0.3) is 10.9 Å². The Hall–Kier alpha value is -3.28. The summed E-state index contributed by atoms with van der Waals surface area (Å²) in [5.74, 6) is -0.960. The first-order chi connectivity index (χ1) is 12.5. The highest BCUT2D eigenvalue weighted by atomic mass is 16.5. The number of carbonyl (C=O) groups excluding carboxylic acids is 1. The summed E-state index contributed by atoms with van der Waals surface area (Å²) in [6.45, 7) is 2.01. The fraction of sp³-hybridized carbons (Fsp3) is 0.200. The lowest BCUT2D eigenvalue weighted by molar-refractivity contribution is 0.0600. The first-order valence-corrected chi connectivity index (χ1v) is 8.06. The van der Waals surface area contributed by atoms with Gasteiger partial charge in [0.1, 0.15) is 5.75 Å². The van der Waals surface area contributed by atoms with Crippen LogP contribution in [0.5, 0.6) is 5.75 Å². The summed E-state index contributed by atoms with van der Waals surface area (Å²) in [6, 6.07) is 10.2. The van der Waals surface area contributed by atoms with E-state index in [2.05, 4.69) is 4.98 Å². The second kappa shape index (κ2) is 6.92. The van der Waals surface area contributed by atoms with E-state index < -0.39 is 11.9 Å². The maximum Gasteiger partial charge on any atom is 0.337 e. The summed E-state index contributed by atoms with van der Waals surface area (Å²) >= 11 is 0. The fourth-order valence-electron chi connectivity index (χ4n) is 3.11. The summed E-state index contributed by atoms with van der Waals surface area (Å²) < 4.78 is 10.2. The van der Waals surface area contributed by atoms with E-state index >= 15 is 0 Å². The van der Waals surface area contributed by atoms with Crippen molar-refractivity contribution >= 4 is 22.8 Å². The van der Waals surface area contributed by atoms with Crippen molar-refractivity contribution < 1.29 is 24.2 Å². The first-order valence-electron chi connectivity index (χ1n) is 8.06. The van der Waals surface area contributed by atoms with Gasteiger partial charge >= 0.3 is 11.9 Å². The average molecular weight is 353 g/mol. The number of hydrogen-bond acceptors (Lipinski definition) is 4. The monoisotopic (exact) mass is 353 g/mol. The van der Waals surface area contributed by atoms with Gasteiger partial charge in [0.25, 0.3) is 0 Å². The quantitative estimate of drug-likeness (QED) is 0.681. The number of nitrogens with one attached hydrogen (secondary N) is 1. The topological polar surface area (TPSA) is 88.6 Å². The minimum absolute atomic E-state index is 0.0746. The van der Waals surface area contributed by atoms with Gasteiger partial charge in [0.2, 0.25) is 0 Å². The fourth-order valence-corrected chi connectivity index (χ4v) is 3.11. The van der Waals surface area contributed by atoms with Gasteiger partial charge in [0, 0.05) is 28.6 Å². The van der Waals surface area contributed by atoms with Gasteiger partial charge in [-0.15, -0.1) is 0 Å². The minimum Gasteiger partial charge on any atom is -0.496 e. The van der Waals surface area contributed by atoms with Crippen molar-refractivity contribution in [1.82, 2.24) is 4.98 Å². The maximum absolute atomic E-state index is 11.8. The molecule has 0 amide bonds. The molecule has 134 valence electrons. The molecule has 0 aliphatic heterocycles. The molecule has 6 heteroatoms. The van der Waals surface area contributed by atoms with Crippen LogP contribution < -0.4 is 4.74 Å². The number of aromatic nitrogens is 1. The summed E-state index contributed by atoms with van der Waals surface area (Å²) in [4.78, 5) is 26.2. The molecule has 2 N–H and O–H groups in total. The molecule has 3 rings (SSSR count). The number of aromatic amines is 1. The van der Waals surface area contributed by atoms with Crippen LogP contribution in [-0.2, 0) is 4.74 Å². The van der Waals surface area contributed by atoms with Crippen molar-refractivity contribution in [1.29, 1.82) is 0 Å². The van der Waals surface area contributed by atoms with Crippen molar-refractivity contribution in [2.24, 2.45) is 0 Å². The van der Waals surface area contributed by atoms with E-state index in [9.17, 15) is 9.59 Å². The van der Waals surface area contributed by atoms with Gasteiger partial charge in [-0.05, 0) is 35.9 Å². The number of aromatic carboxylic acids is 1. The highest BCUT2D eigenvalue weighted by molar-refractivity contribution is 5.96. The molecule has 1 aromatic heterocycles. The Morgan fingerprint density at radius 3 is 2.42 bits per heavy atom. The second-order valence-corrected chi connectivity index (χ2v) is 5.98. The summed E-state index contributed by atoms with van der Waals surface area (Å²) in [7, 11) is 2.86. The number of hydrogen-bond donors (Lipinski definition) is 2. The van der Waals surface area contributed by atoms with E-state index in [1.807, 2.05) is 19.2 Å². The second-order valence-electron chi connectivity index (χ2n) is 5.98. The zero-order valence-electron chi connectivity index (χ0n) is 14.7. The normalized spacial score (nSPS) is 12.0. The van der Waals surface area contributed by atoms with Crippen LogP contribution >= 0.6 is 0 Å². The van der Waals surface area contributed by atoms with E-state index in [-0.39, 0.29) is 11.5 Å². The molecule has 0 spiro atoms. The van der Waals surface area contributed by atoms with Gasteiger partial charge < -0.3 is 19.6 Å². The number of benzene rings is 2. The maximum atomic E-state index is 11.8. The molecule has 0 bridgehead atoms. The predicted octanol–water partition coefficient (Wildman–Crippen LogP) is 3.81. The van der Waals surface area contributed by atoms with Gasteiger partial charge in [-0.25, -0.2) is 9.59 Å². The van der Waals surface area contributed by atoms with E-state index in [1.165, 1.54) is 20.3 Å². The molecule has 0 saturated carbocycles. The van der Waals surface area contributed by atoms with Crippen LogP contribution in [0.15, 0.2) is 42.6 Å². The van der Waals surface area contributed by atoms with Crippen LogP contribution in [-0.4, -0.2) is 36.2 Å². The van der Waals surface area contributed by atoms with Gasteiger partial charge in [0.05, 0.1) is 25.3 Å². The zero-order chi connectivity index (χ0) is 18.8. The van der Waals surface area contributed by atoms with E-state index in [0.717, 1.165) is 22.0 Å². The molecule has 26 heavy (non-hydrogen) atoms.